The minimum Gasteiger partial charge on any atom is -0.478 e. The van der Waals surface area contributed by atoms with E-state index in [1.165, 1.54) is 25.1 Å². The number of hydrogen-bond acceptors (Lipinski definition) is 4. The van der Waals surface area contributed by atoms with Crippen LogP contribution in [0.4, 0.5) is 0 Å². The summed E-state index contributed by atoms with van der Waals surface area (Å²) in [5.74, 6) is -1.69. The van der Waals surface area contributed by atoms with Gasteiger partial charge in [-0.2, -0.15) is 0 Å². The van der Waals surface area contributed by atoms with Crippen LogP contribution in [-0.4, -0.2) is 31.9 Å². The summed E-state index contributed by atoms with van der Waals surface area (Å²) >= 11 is 0. The molecule has 0 atom stereocenters. The molecule has 20 heavy (non-hydrogen) atoms. The second kappa shape index (κ2) is 6.49. The molecule has 1 amide bonds. The first-order valence-corrected chi connectivity index (χ1v) is 7.35. The van der Waals surface area contributed by atoms with E-state index >= 15 is 0 Å². The van der Waals surface area contributed by atoms with Crippen LogP contribution in [0.25, 0.3) is 0 Å². The molecule has 0 bridgehead atoms. The van der Waals surface area contributed by atoms with E-state index in [0.717, 1.165) is 0 Å². The average molecular weight is 300 g/mol. The Morgan fingerprint density at radius 1 is 1.35 bits per heavy atom. The lowest BCUT2D eigenvalue weighted by Gasteiger charge is -2.10. The van der Waals surface area contributed by atoms with Gasteiger partial charge in [-0.3, -0.25) is 4.79 Å². The lowest BCUT2D eigenvalue weighted by atomic mass is 10.1. The first-order valence-electron chi connectivity index (χ1n) is 5.86. The molecule has 0 aromatic heterocycles. The summed E-state index contributed by atoms with van der Waals surface area (Å²) in [5.41, 5.74) is 5.05. The number of rotatable bonds is 7. The Morgan fingerprint density at radius 2 is 2.00 bits per heavy atom. The third-order valence-corrected chi connectivity index (χ3v) is 4.30. The number of sulfonamides is 1. The molecule has 110 valence electrons. The normalized spacial score (nSPS) is 11.2. The largest absolute Gasteiger partial charge is 0.478 e. The minimum absolute atomic E-state index is 0.0576. The molecular weight excluding hydrogens is 284 g/mol. The highest BCUT2D eigenvalue weighted by Crippen LogP contribution is 2.18. The number of aromatic carboxylic acids is 1. The highest BCUT2D eigenvalue weighted by molar-refractivity contribution is 7.89. The number of carboxylic acid groups (broad SMARTS) is 1. The summed E-state index contributed by atoms with van der Waals surface area (Å²) in [7, 11) is -3.81. The van der Waals surface area contributed by atoms with E-state index in [1.54, 1.807) is 0 Å². The Hall–Kier alpha value is -1.93. The Bertz CT molecular complexity index is 625. The van der Waals surface area contributed by atoms with Gasteiger partial charge in [-0.25, -0.2) is 17.9 Å². The molecule has 0 saturated heterocycles. The van der Waals surface area contributed by atoms with Crippen LogP contribution in [0.2, 0.25) is 0 Å². The topological polar surface area (TPSA) is 127 Å². The predicted octanol–water partition coefficient (Wildman–Crippen LogP) is 0.237. The SMILES string of the molecule is Cc1c(C(=O)O)cccc1S(=O)(=O)NCCCC(N)=O. The number of nitrogens with two attached hydrogens (primary N) is 1. The van der Waals surface area contributed by atoms with Gasteiger partial charge in [-0.15, -0.1) is 0 Å². The fourth-order valence-electron chi connectivity index (χ4n) is 1.68. The Morgan fingerprint density at radius 3 is 2.55 bits per heavy atom. The molecule has 1 aromatic rings. The summed E-state index contributed by atoms with van der Waals surface area (Å²) in [5, 5.41) is 8.96. The van der Waals surface area contributed by atoms with Crippen LogP contribution in [0.1, 0.15) is 28.8 Å². The number of amides is 1. The molecule has 0 aliphatic heterocycles. The van der Waals surface area contributed by atoms with Gasteiger partial charge in [0.2, 0.25) is 15.9 Å². The standard InChI is InChI=1S/C12H16N2O5S/c1-8-9(12(16)17)4-2-5-10(8)20(18,19)14-7-3-6-11(13)15/h2,4-5,14H,3,6-7H2,1H3,(H2,13,15)(H,16,17). The fourth-order valence-corrected chi connectivity index (χ4v) is 3.02. The molecule has 1 rings (SSSR count). The van der Waals surface area contributed by atoms with Crippen molar-refractivity contribution in [1.29, 1.82) is 0 Å². The molecule has 7 nitrogen and oxygen atoms in total. The molecule has 0 unspecified atom stereocenters. The van der Waals surface area contributed by atoms with Crippen LogP contribution in [0.15, 0.2) is 23.1 Å². The molecule has 1 aromatic carbocycles. The van der Waals surface area contributed by atoms with E-state index in [1.807, 2.05) is 0 Å². The lowest BCUT2D eigenvalue weighted by molar-refractivity contribution is -0.118. The Kier molecular flexibility index (Phi) is 5.23. The highest BCUT2D eigenvalue weighted by Gasteiger charge is 2.20. The summed E-state index contributed by atoms with van der Waals surface area (Å²) in [6, 6.07) is 4.04. The first-order chi connectivity index (χ1) is 9.25. The summed E-state index contributed by atoms with van der Waals surface area (Å²) < 4.78 is 26.4. The zero-order valence-electron chi connectivity index (χ0n) is 10.9. The maximum absolute atomic E-state index is 12.1. The second-order valence-corrected chi connectivity index (χ2v) is 5.94. The van der Waals surface area contributed by atoms with Gasteiger partial charge in [0.1, 0.15) is 0 Å². The molecule has 0 radical (unpaired) electrons. The van der Waals surface area contributed by atoms with E-state index in [4.69, 9.17) is 10.8 Å². The zero-order chi connectivity index (χ0) is 15.3. The predicted molar refractivity (Wildman–Crippen MR) is 71.8 cm³/mol. The molecule has 0 saturated carbocycles. The van der Waals surface area contributed by atoms with Crippen LogP contribution in [0, 0.1) is 6.92 Å². The Balaban J connectivity index is 2.90. The fraction of sp³-hybridized carbons (Fsp3) is 0.333. The van der Waals surface area contributed by atoms with Crippen LogP contribution in [0.5, 0.6) is 0 Å². The molecule has 4 N–H and O–H groups in total. The van der Waals surface area contributed by atoms with Crippen molar-refractivity contribution in [2.24, 2.45) is 5.73 Å². The quantitative estimate of drug-likeness (QED) is 0.621. The zero-order valence-corrected chi connectivity index (χ0v) is 11.7. The van der Waals surface area contributed by atoms with Gasteiger partial charge < -0.3 is 10.8 Å². The molecule has 0 spiro atoms. The van der Waals surface area contributed by atoms with Crippen molar-refractivity contribution >= 4 is 21.9 Å². The highest BCUT2D eigenvalue weighted by atomic mass is 32.2. The Labute approximate surface area is 116 Å². The van der Waals surface area contributed by atoms with Crippen molar-refractivity contribution < 1.29 is 23.1 Å². The molecule has 8 heteroatoms. The number of carbonyl (C=O) groups is 2. The van der Waals surface area contributed by atoms with Crippen molar-refractivity contribution in [3.8, 4) is 0 Å². The molecule has 0 aliphatic rings. The van der Waals surface area contributed by atoms with Crippen molar-refractivity contribution in [3.05, 3.63) is 29.3 Å². The number of nitrogens with one attached hydrogen (secondary N) is 1. The van der Waals surface area contributed by atoms with Crippen LogP contribution in [0.3, 0.4) is 0 Å². The molecule has 0 fully saturated rings. The van der Waals surface area contributed by atoms with E-state index in [-0.39, 0.29) is 35.4 Å². The third-order valence-electron chi connectivity index (χ3n) is 2.70. The number of benzene rings is 1. The maximum Gasteiger partial charge on any atom is 0.335 e. The second-order valence-electron chi connectivity index (χ2n) is 4.20. The molecule has 0 heterocycles. The third kappa shape index (κ3) is 4.04. The summed E-state index contributed by atoms with van der Waals surface area (Å²) in [6.45, 7) is 1.49. The summed E-state index contributed by atoms with van der Waals surface area (Å²) in [4.78, 5) is 21.4. The molecular formula is C12H16N2O5S. The van der Waals surface area contributed by atoms with Crippen molar-refractivity contribution in [1.82, 2.24) is 4.72 Å². The van der Waals surface area contributed by atoms with Crippen molar-refractivity contribution in [3.63, 3.8) is 0 Å². The van der Waals surface area contributed by atoms with Gasteiger partial charge in [0.15, 0.2) is 0 Å². The average Bonchev–Trinajstić information content (AvgIpc) is 2.34. The van der Waals surface area contributed by atoms with Crippen LogP contribution in [-0.2, 0) is 14.8 Å². The van der Waals surface area contributed by atoms with E-state index in [2.05, 4.69) is 4.72 Å². The van der Waals surface area contributed by atoms with Crippen molar-refractivity contribution in [2.45, 2.75) is 24.7 Å². The number of carboxylic acids is 1. The smallest absolute Gasteiger partial charge is 0.335 e. The van der Waals surface area contributed by atoms with E-state index in [9.17, 15) is 18.0 Å². The molecule has 0 aliphatic carbocycles. The van der Waals surface area contributed by atoms with E-state index in [0.29, 0.717) is 0 Å². The van der Waals surface area contributed by atoms with Gasteiger partial charge in [-0.1, -0.05) is 6.07 Å². The lowest BCUT2D eigenvalue weighted by Crippen LogP contribution is -2.27. The van der Waals surface area contributed by atoms with Gasteiger partial charge in [0.05, 0.1) is 10.5 Å². The van der Waals surface area contributed by atoms with Gasteiger partial charge in [0, 0.05) is 13.0 Å². The monoisotopic (exact) mass is 300 g/mol. The number of primary amides is 1. The maximum atomic E-state index is 12.1. The van der Waals surface area contributed by atoms with E-state index < -0.39 is 21.9 Å². The minimum atomic E-state index is -3.81. The van der Waals surface area contributed by atoms with Crippen LogP contribution >= 0.6 is 0 Å². The van der Waals surface area contributed by atoms with Crippen molar-refractivity contribution in [2.75, 3.05) is 6.54 Å². The van der Waals surface area contributed by atoms with Gasteiger partial charge in [-0.05, 0) is 31.0 Å². The summed E-state index contributed by atoms with van der Waals surface area (Å²) in [6.07, 6.45) is 0.364. The van der Waals surface area contributed by atoms with Gasteiger partial charge >= 0.3 is 5.97 Å². The number of hydrogen-bond donors (Lipinski definition) is 3. The van der Waals surface area contributed by atoms with Gasteiger partial charge in [0.25, 0.3) is 0 Å². The number of carbonyl (C=O) groups excluding carboxylic acids is 1. The first kappa shape index (κ1) is 16.1. The van der Waals surface area contributed by atoms with Crippen LogP contribution < -0.4 is 10.5 Å².